The number of nitrogens with one attached hydrogen (secondary N) is 1. The summed E-state index contributed by atoms with van der Waals surface area (Å²) in [5.41, 5.74) is 0.564. The third kappa shape index (κ3) is 1.32. The molecule has 0 unspecified atom stereocenters. The van der Waals surface area contributed by atoms with Gasteiger partial charge in [-0.15, -0.1) is 0 Å². The second-order valence-corrected chi connectivity index (χ2v) is 4.68. The Kier molecular flexibility index (Phi) is 1.83. The Morgan fingerprint density at radius 3 is 2.50 bits per heavy atom. The third-order valence-electron chi connectivity index (χ3n) is 3.67. The Labute approximate surface area is 91.7 Å². The predicted octanol–water partition coefficient (Wildman–Crippen LogP) is 3.55. The Morgan fingerprint density at radius 2 is 1.88 bits per heavy atom. The molecule has 0 aromatic heterocycles. The first-order valence-electron chi connectivity index (χ1n) is 5.48. The van der Waals surface area contributed by atoms with E-state index in [1.165, 1.54) is 12.1 Å². The maximum absolute atomic E-state index is 12.9. The lowest BCUT2D eigenvalue weighted by Gasteiger charge is -2.29. The number of hydrogen-bond acceptors (Lipinski definition) is 1. The Balaban J connectivity index is 2.21. The van der Waals surface area contributed by atoms with Crippen molar-refractivity contribution in [3.05, 3.63) is 29.3 Å². The van der Waals surface area contributed by atoms with E-state index in [-0.39, 0.29) is 5.41 Å². The van der Waals surface area contributed by atoms with Gasteiger partial charge in [-0.1, -0.05) is 6.07 Å². The first-order chi connectivity index (χ1) is 7.53. The molecule has 4 heteroatoms. The molecule has 1 N–H and O–H groups in total. The molecular formula is C12H12F3N. The molecule has 1 aliphatic heterocycles. The van der Waals surface area contributed by atoms with Crippen LogP contribution in [0.4, 0.5) is 18.9 Å². The number of alkyl halides is 3. The van der Waals surface area contributed by atoms with Gasteiger partial charge in [0.05, 0.1) is 5.56 Å². The van der Waals surface area contributed by atoms with Gasteiger partial charge in [-0.3, -0.25) is 0 Å². The molecule has 1 aliphatic carbocycles. The summed E-state index contributed by atoms with van der Waals surface area (Å²) in [6.45, 7) is 0.786. The number of anilines is 1. The van der Waals surface area contributed by atoms with Gasteiger partial charge in [-0.05, 0) is 42.4 Å². The van der Waals surface area contributed by atoms with Crippen LogP contribution in [0.3, 0.4) is 0 Å². The molecule has 1 aromatic carbocycles. The van der Waals surface area contributed by atoms with E-state index < -0.39 is 11.7 Å². The number of hydrogen-bond donors (Lipinski definition) is 1. The smallest absolute Gasteiger partial charge is 0.385 e. The summed E-state index contributed by atoms with van der Waals surface area (Å²) in [5, 5.41) is 3.07. The Hall–Kier alpha value is -1.19. The molecule has 1 fully saturated rings. The first kappa shape index (κ1) is 10.00. The van der Waals surface area contributed by atoms with Crippen LogP contribution in [-0.4, -0.2) is 6.54 Å². The summed E-state index contributed by atoms with van der Waals surface area (Å²) in [4.78, 5) is 0. The van der Waals surface area contributed by atoms with Crippen molar-refractivity contribution in [3.63, 3.8) is 0 Å². The molecule has 0 radical (unpaired) electrons. The molecule has 0 atom stereocenters. The van der Waals surface area contributed by atoms with E-state index in [0.29, 0.717) is 11.3 Å². The molecule has 3 rings (SSSR count). The van der Waals surface area contributed by atoms with Crippen LogP contribution in [0.5, 0.6) is 0 Å². The normalized spacial score (nSPS) is 21.4. The molecule has 0 bridgehead atoms. The van der Waals surface area contributed by atoms with Gasteiger partial charge in [0.15, 0.2) is 0 Å². The number of benzene rings is 1. The van der Waals surface area contributed by atoms with Crippen LogP contribution < -0.4 is 5.32 Å². The molecule has 1 heterocycles. The number of fused-ring (bicyclic) bond motifs is 2. The summed E-state index contributed by atoms with van der Waals surface area (Å²) in [6, 6.07) is 4.44. The van der Waals surface area contributed by atoms with E-state index >= 15 is 0 Å². The molecule has 0 saturated heterocycles. The van der Waals surface area contributed by atoms with Gasteiger partial charge in [0, 0.05) is 12.2 Å². The zero-order valence-electron chi connectivity index (χ0n) is 8.69. The summed E-state index contributed by atoms with van der Waals surface area (Å²) in [7, 11) is 0. The fourth-order valence-electron chi connectivity index (χ4n) is 2.72. The quantitative estimate of drug-likeness (QED) is 0.714. The average molecular weight is 227 g/mol. The van der Waals surface area contributed by atoms with Crippen molar-refractivity contribution in [2.24, 2.45) is 0 Å². The van der Waals surface area contributed by atoms with E-state index in [1.807, 2.05) is 0 Å². The molecule has 1 aromatic rings. The molecule has 86 valence electrons. The fraction of sp³-hybridized carbons (Fsp3) is 0.500. The molecule has 2 aliphatic rings. The standard InChI is InChI=1S/C12H12F3N/c13-12(14,15)8-2-1-3-9-10(8)11(4-5-11)6-7-16-9/h1-3,16H,4-7H2. The molecule has 1 saturated carbocycles. The maximum atomic E-state index is 12.9. The van der Waals surface area contributed by atoms with Crippen LogP contribution in [0.25, 0.3) is 0 Å². The van der Waals surface area contributed by atoms with E-state index in [4.69, 9.17) is 0 Å². The van der Waals surface area contributed by atoms with Gasteiger partial charge in [0.2, 0.25) is 0 Å². The molecule has 0 amide bonds. The van der Waals surface area contributed by atoms with Crippen LogP contribution in [0.15, 0.2) is 18.2 Å². The lowest BCUT2D eigenvalue weighted by molar-refractivity contribution is -0.138. The van der Waals surface area contributed by atoms with Crippen LogP contribution >= 0.6 is 0 Å². The topological polar surface area (TPSA) is 12.0 Å². The molecule has 1 nitrogen and oxygen atoms in total. The van der Waals surface area contributed by atoms with Crippen molar-refractivity contribution in [2.45, 2.75) is 30.9 Å². The minimum absolute atomic E-state index is 0.174. The van der Waals surface area contributed by atoms with Crippen LogP contribution in [0.1, 0.15) is 30.4 Å². The van der Waals surface area contributed by atoms with E-state index in [1.54, 1.807) is 6.07 Å². The van der Waals surface area contributed by atoms with Crippen molar-refractivity contribution in [2.75, 3.05) is 11.9 Å². The van der Waals surface area contributed by atoms with Gasteiger partial charge in [0.25, 0.3) is 0 Å². The number of halogens is 3. The Morgan fingerprint density at radius 1 is 1.12 bits per heavy atom. The highest BCUT2D eigenvalue weighted by molar-refractivity contribution is 5.62. The highest BCUT2D eigenvalue weighted by atomic mass is 19.4. The van der Waals surface area contributed by atoms with Crippen LogP contribution in [-0.2, 0) is 11.6 Å². The van der Waals surface area contributed by atoms with Crippen LogP contribution in [0, 0.1) is 0 Å². The van der Waals surface area contributed by atoms with Crippen molar-refractivity contribution in [1.82, 2.24) is 0 Å². The zero-order chi connectivity index (χ0) is 11.4. The van der Waals surface area contributed by atoms with E-state index in [0.717, 1.165) is 25.8 Å². The lowest BCUT2D eigenvalue weighted by atomic mass is 9.84. The zero-order valence-corrected chi connectivity index (χ0v) is 8.69. The molecule has 1 spiro atoms. The molecule has 16 heavy (non-hydrogen) atoms. The van der Waals surface area contributed by atoms with Gasteiger partial charge in [-0.2, -0.15) is 13.2 Å². The lowest BCUT2D eigenvalue weighted by Crippen LogP contribution is -2.26. The number of rotatable bonds is 0. The summed E-state index contributed by atoms with van der Waals surface area (Å²) in [6.07, 6.45) is -1.61. The van der Waals surface area contributed by atoms with Crippen molar-refractivity contribution < 1.29 is 13.2 Å². The van der Waals surface area contributed by atoms with Crippen molar-refractivity contribution in [3.8, 4) is 0 Å². The van der Waals surface area contributed by atoms with Crippen LogP contribution in [0.2, 0.25) is 0 Å². The SMILES string of the molecule is FC(F)(F)c1cccc2c1C1(CCN2)CC1. The Bertz CT molecular complexity index is 432. The maximum Gasteiger partial charge on any atom is 0.416 e. The van der Waals surface area contributed by atoms with Gasteiger partial charge >= 0.3 is 6.18 Å². The predicted molar refractivity (Wildman–Crippen MR) is 55.5 cm³/mol. The summed E-state index contributed by atoms with van der Waals surface area (Å²) >= 11 is 0. The van der Waals surface area contributed by atoms with Gasteiger partial charge in [-0.25, -0.2) is 0 Å². The monoisotopic (exact) mass is 227 g/mol. The van der Waals surface area contributed by atoms with Crippen molar-refractivity contribution >= 4 is 5.69 Å². The summed E-state index contributed by atoms with van der Waals surface area (Å²) in [5.74, 6) is 0. The minimum atomic E-state index is -4.24. The second kappa shape index (κ2) is 2.93. The highest BCUT2D eigenvalue weighted by Crippen LogP contribution is 2.58. The largest absolute Gasteiger partial charge is 0.416 e. The van der Waals surface area contributed by atoms with Gasteiger partial charge in [0.1, 0.15) is 0 Å². The fourth-order valence-corrected chi connectivity index (χ4v) is 2.72. The van der Waals surface area contributed by atoms with Crippen molar-refractivity contribution in [1.29, 1.82) is 0 Å². The highest BCUT2D eigenvalue weighted by Gasteiger charge is 2.51. The minimum Gasteiger partial charge on any atom is -0.385 e. The van der Waals surface area contributed by atoms with E-state index in [2.05, 4.69) is 5.32 Å². The second-order valence-electron chi connectivity index (χ2n) is 4.68. The van der Waals surface area contributed by atoms with Gasteiger partial charge < -0.3 is 5.32 Å². The summed E-state index contributed by atoms with van der Waals surface area (Å²) < 4.78 is 38.8. The third-order valence-corrected chi connectivity index (χ3v) is 3.67. The first-order valence-corrected chi connectivity index (χ1v) is 5.48. The van der Waals surface area contributed by atoms with E-state index in [9.17, 15) is 13.2 Å². The molecular weight excluding hydrogens is 215 g/mol. The average Bonchev–Trinajstić information content (AvgIpc) is 2.97.